The van der Waals surface area contributed by atoms with E-state index in [0.29, 0.717) is 5.41 Å². The van der Waals surface area contributed by atoms with Gasteiger partial charge in [-0.25, -0.2) is 0 Å². The topological polar surface area (TPSA) is 47.3 Å². The lowest BCUT2D eigenvalue weighted by Crippen LogP contribution is -2.49. The van der Waals surface area contributed by atoms with Crippen molar-refractivity contribution in [2.24, 2.45) is 11.1 Å². The number of hydrogen-bond donors (Lipinski definition) is 2. The Kier molecular flexibility index (Phi) is 4.35. The fraction of sp³-hybridized carbons (Fsp3) is 1.00. The minimum atomic E-state index is 0.250. The van der Waals surface area contributed by atoms with Crippen LogP contribution in [0.4, 0.5) is 0 Å². The Bertz CT molecular complexity index is 161. The normalized spacial score (nSPS) is 35.1. The lowest BCUT2D eigenvalue weighted by Gasteiger charge is -2.36. The molecule has 2 unspecified atom stereocenters. The quantitative estimate of drug-likeness (QED) is 0.616. The van der Waals surface area contributed by atoms with E-state index < -0.39 is 0 Å². The summed E-state index contributed by atoms with van der Waals surface area (Å²) in [6.45, 7) is 9.16. The Balaban J connectivity index is 0.000000461. The van der Waals surface area contributed by atoms with Crippen molar-refractivity contribution < 1.29 is 4.74 Å². The fourth-order valence-electron chi connectivity index (χ4n) is 2.40. The molecule has 3 nitrogen and oxygen atoms in total. The molecule has 2 fully saturated rings. The highest BCUT2D eigenvalue weighted by Crippen LogP contribution is 2.39. The fourth-order valence-corrected chi connectivity index (χ4v) is 2.40. The van der Waals surface area contributed by atoms with Gasteiger partial charge in [0.05, 0.1) is 12.7 Å². The van der Waals surface area contributed by atoms with Gasteiger partial charge in [0.15, 0.2) is 0 Å². The number of piperidine rings is 1. The summed E-state index contributed by atoms with van der Waals surface area (Å²) >= 11 is 0. The van der Waals surface area contributed by atoms with Gasteiger partial charge >= 0.3 is 0 Å². The van der Waals surface area contributed by atoms with Crippen LogP contribution >= 0.6 is 0 Å². The highest BCUT2D eigenvalue weighted by Gasteiger charge is 2.46. The summed E-state index contributed by atoms with van der Waals surface area (Å²) in [5.74, 6) is 0. The summed E-state index contributed by atoms with van der Waals surface area (Å²) in [4.78, 5) is 0. The molecule has 2 aliphatic rings. The molecule has 0 aromatic rings. The molecule has 2 aliphatic heterocycles. The standard InChI is InChI=1S/C9H18N2O.C2H6/c1-7-8(10)9(6-12-7)2-4-11-5-3-9;1-2/h7-8,11H,2-6,10H2,1H3;1-2H3. The first-order valence-corrected chi connectivity index (χ1v) is 5.82. The SMILES string of the molecule is CC.CC1OCC2(CCNCC2)C1N. The lowest BCUT2D eigenvalue weighted by atomic mass is 9.74. The van der Waals surface area contributed by atoms with E-state index in [0.717, 1.165) is 19.7 Å². The van der Waals surface area contributed by atoms with E-state index >= 15 is 0 Å². The predicted octanol–water partition coefficient (Wildman–Crippen LogP) is 1.13. The molecule has 3 heteroatoms. The molecule has 2 rings (SSSR count). The molecular weight excluding hydrogens is 176 g/mol. The number of nitrogens with two attached hydrogens (primary N) is 1. The Morgan fingerprint density at radius 3 is 2.29 bits per heavy atom. The van der Waals surface area contributed by atoms with E-state index in [9.17, 15) is 0 Å². The second kappa shape index (κ2) is 5.10. The first-order chi connectivity index (χ1) is 6.75. The van der Waals surface area contributed by atoms with Crippen LogP contribution in [0.1, 0.15) is 33.6 Å². The van der Waals surface area contributed by atoms with E-state index in [1.807, 2.05) is 13.8 Å². The summed E-state index contributed by atoms with van der Waals surface area (Å²) < 4.78 is 5.61. The maximum absolute atomic E-state index is 6.14. The number of nitrogens with one attached hydrogen (secondary N) is 1. The van der Waals surface area contributed by atoms with Crippen LogP contribution in [0.2, 0.25) is 0 Å². The molecule has 3 N–H and O–H groups in total. The minimum Gasteiger partial charge on any atom is -0.376 e. The largest absolute Gasteiger partial charge is 0.376 e. The van der Waals surface area contributed by atoms with Crippen molar-refractivity contribution in [1.29, 1.82) is 0 Å². The van der Waals surface area contributed by atoms with Crippen LogP contribution in [0.3, 0.4) is 0 Å². The van der Waals surface area contributed by atoms with Gasteiger partial charge in [0, 0.05) is 11.5 Å². The number of hydrogen-bond acceptors (Lipinski definition) is 3. The molecule has 0 aromatic carbocycles. The number of ether oxygens (including phenoxy) is 1. The molecule has 84 valence electrons. The van der Waals surface area contributed by atoms with Crippen molar-refractivity contribution in [2.45, 2.75) is 45.8 Å². The van der Waals surface area contributed by atoms with Crippen molar-refractivity contribution in [3.8, 4) is 0 Å². The van der Waals surface area contributed by atoms with Crippen molar-refractivity contribution in [1.82, 2.24) is 5.32 Å². The molecule has 0 bridgehead atoms. The van der Waals surface area contributed by atoms with Gasteiger partial charge in [-0.3, -0.25) is 0 Å². The summed E-state index contributed by atoms with van der Waals surface area (Å²) in [6.07, 6.45) is 2.61. The van der Waals surface area contributed by atoms with Gasteiger partial charge in [-0.1, -0.05) is 13.8 Å². The Labute approximate surface area is 87.4 Å². The summed E-state index contributed by atoms with van der Waals surface area (Å²) in [5.41, 5.74) is 6.43. The van der Waals surface area contributed by atoms with Crippen molar-refractivity contribution in [3.05, 3.63) is 0 Å². The maximum atomic E-state index is 6.14. The van der Waals surface area contributed by atoms with Crippen molar-refractivity contribution >= 4 is 0 Å². The van der Waals surface area contributed by atoms with Crippen LogP contribution in [0.5, 0.6) is 0 Å². The molecular formula is C11H24N2O. The van der Waals surface area contributed by atoms with Crippen molar-refractivity contribution in [3.63, 3.8) is 0 Å². The molecule has 2 atom stereocenters. The van der Waals surface area contributed by atoms with Crippen LogP contribution in [0.25, 0.3) is 0 Å². The molecule has 0 amide bonds. The van der Waals surface area contributed by atoms with E-state index in [4.69, 9.17) is 10.5 Å². The molecule has 2 heterocycles. The monoisotopic (exact) mass is 200 g/mol. The third-order valence-electron chi connectivity index (χ3n) is 3.45. The van der Waals surface area contributed by atoms with Crippen LogP contribution in [-0.4, -0.2) is 31.8 Å². The Hall–Kier alpha value is -0.120. The second-order valence-corrected chi connectivity index (χ2v) is 4.15. The average molecular weight is 200 g/mol. The van der Waals surface area contributed by atoms with Crippen LogP contribution in [0.15, 0.2) is 0 Å². The lowest BCUT2D eigenvalue weighted by molar-refractivity contribution is 0.0952. The van der Waals surface area contributed by atoms with Crippen molar-refractivity contribution in [2.75, 3.05) is 19.7 Å². The highest BCUT2D eigenvalue weighted by molar-refractivity contribution is 4.99. The smallest absolute Gasteiger partial charge is 0.0704 e. The Morgan fingerprint density at radius 2 is 1.86 bits per heavy atom. The summed E-state index contributed by atoms with van der Waals surface area (Å²) in [7, 11) is 0. The highest BCUT2D eigenvalue weighted by atomic mass is 16.5. The van der Waals surface area contributed by atoms with Gasteiger partial charge in [-0.15, -0.1) is 0 Å². The van der Waals surface area contributed by atoms with Crippen LogP contribution in [-0.2, 0) is 4.74 Å². The van der Waals surface area contributed by atoms with E-state index in [2.05, 4.69) is 12.2 Å². The third kappa shape index (κ3) is 2.10. The molecule has 0 aliphatic carbocycles. The predicted molar refractivity (Wildman–Crippen MR) is 59.3 cm³/mol. The van der Waals surface area contributed by atoms with Gasteiger partial charge in [-0.05, 0) is 32.9 Å². The molecule has 0 radical (unpaired) electrons. The van der Waals surface area contributed by atoms with Gasteiger partial charge in [-0.2, -0.15) is 0 Å². The van der Waals surface area contributed by atoms with E-state index in [-0.39, 0.29) is 12.1 Å². The molecule has 2 saturated heterocycles. The average Bonchev–Trinajstić information content (AvgIpc) is 2.52. The molecule has 14 heavy (non-hydrogen) atoms. The van der Waals surface area contributed by atoms with Gasteiger partial charge in [0.2, 0.25) is 0 Å². The minimum absolute atomic E-state index is 0.250. The zero-order chi connectivity index (χ0) is 10.6. The number of rotatable bonds is 0. The summed E-state index contributed by atoms with van der Waals surface area (Å²) in [5, 5.41) is 3.36. The third-order valence-corrected chi connectivity index (χ3v) is 3.45. The van der Waals surface area contributed by atoms with Gasteiger partial charge in [0.1, 0.15) is 0 Å². The maximum Gasteiger partial charge on any atom is 0.0704 e. The first-order valence-electron chi connectivity index (χ1n) is 5.82. The molecule has 0 saturated carbocycles. The van der Waals surface area contributed by atoms with Gasteiger partial charge < -0.3 is 15.8 Å². The van der Waals surface area contributed by atoms with E-state index in [1.165, 1.54) is 12.8 Å². The van der Waals surface area contributed by atoms with Gasteiger partial charge in [0.25, 0.3) is 0 Å². The van der Waals surface area contributed by atoms with Crippen LogP contribution < -0.4 is 11.1 Å². The first kappa shape index (κ1) is 12.0. The summed E-state index contributed by atoms with van der Waals surface area (Å²) in [6, 6.07) is 0.250. The molecule has 0 aromatic heterocycles. The Morgan fingerprint density at radius 1 is 1.29 bits per heavy atom. The zero-order valence-corrected chi connectivity index (χ0v) is 9.68. The zero-order valence-electron chi connectivity index (χ0n) is 9.68. The van der Waals surface area contributed by atoms with Crippen LogP contribution in [0, 0.1) is 5.41 Å². The van der Waals surface area contributed by atoms with E-state index in [1.54, 1.807) is 0 Å². The second-order valence-electron chi connectivity index (χ2n) is 4.15. The molecule has 1 spiro atoms.